The summed E-state index contributed by atoms with van der Waals surface area (Å²) in [4.78, 5) is 30.3. The number of hydrogen-bond acceptors (Lipinski definition) is 4. The van der Waals surface area contributed by atoms with E-state index in [1.807, 2.05) is 50.5 Å². The first-order chi connectivity index (χ1) is 14.3. The molecule has 2 fully saturated rings. The van der Waals surface area contributed by atoms with Gasteiger partial charge in [-0.25, -0.2) is 0 Å². The van der Waals surface area contributed by atoms with Crippen LogP contribution in [0.3, 0.4) is 0 Å². The van der Waals surface area contributed by atoms with E-state index in [0.717, 1.165) is 16.8 Å². The first-order valence-corrected chi connectivity index (χ1v) is 10.3. The van der Waals surface area contributed by atoms with Crippen LogP contribution in [0.1, 0.15) is 16.7 Å². The SMILES string of the molecule is Cc1ccc(N2C[C@]34C=C[C@H](O3)[C@@H](C(=O)N(C)Cc3cnn(C)c3)[C@@H]4C2=O)cc1C. The smallest absolute Gasteiger partial charge is 0.234 e. The number of amides is 2. The Morgan fingerprint density at radius 2 is 2.13 bits per heavy atom. The second-order valence-corrected chi connectivity index (χ2v) is 8.81. The van der Waals surface area contributed by atoms with Crippen LogP contribution in [0, 0.1) is 25.7 Å². The number of rotatable bonds is 4. The van der Waals surface area contributed by atoms with Gasteiger partial charge in [0.05, 0.1) is 30.7 Å². The first kappa shape index (κ1) is 19.1. The van der Waals surface area contributed by atoms with Gasteiger partial charge in [0.25, 0.3) is 0 Å². The Morgan fingerprint density at radius 1 is 1.33 bits per heavy atom. The summed E-state index contributed by atoms with van der Waals surface area (Å²) in [5.74, 6) is -1.08. The van der Waals surface area contributed by atoms with Gasteiger partial charge in [-0.2, -0.15) is 5.10 Å². The van der Waals surface area contributed by atoms with E-state index in [0.29, 0.717) is 13.1 Å². The monoisotopic (exact) mass is 406 g/mol. The molecule has 2 amide bonds. The summed E-state index contributed by atoms with van der Waals surface area (Å²) in [6.07, 6.45) is 7.25. The summed E-state index contributed by atoms with van der Waals surface area (Å²) >= 11 is 0. The third kappa shape index (κ3) is 2.72. The quantitative estimate of drug-likeness (QED) is 0.729. The highest BCUT2D eigenvalue weighted by Gasteiger charge is 2.67. The molecule has 1 aromatic heterocycles. The Kier molecular flexibility index (Phi) is 4.15. The summed E-state index contributed by atoms with van der Waals surface area (Å²) in [6.45, 7) is 5.00. The molecule has 7 heteroatoms. The van der Waals surface area contributed by atoms with Crippen molar-refractivity contribution in [3.63, 3.8) is 0 Å². The molecule has 0 radical (unpaired) electrons. The molecule has 5 rings (SSSR count). The summed E-state index contributed by atoms with van der Waals surface area (Å²) in [5, 5.41) is 4.17. The van der Waals surface area contributed by atoms with Crippen LogP contribution in [0.2, 0.25) is 0 Å². The molecule has 2 saturated heterocycles. The van der Waals surface area contributed by atoms with Crippen LogP contribution in [0.5, 0.6) is 0 Å². The van der Waals surface area contributed by atoms with E-state index in [-0.39, 0.29) is 17.9 Å². The average Bonchev–Trinajstić information content (AvgIpc) is 3.45. The highest BCUT2D eigenvalue weighted by Crippen LogP contribution is 2.53. The van der Waals surface area contributed by atoms with Crippen molar-refractivity contribution in [1.82, 2.24) is 14.7 Å². The molecule has 0 unspecified atom stereocenters. The van der Waals surface area contributed by atoms with Crippen LogP contribution < -0.4 is 4.90 Å². The molecule has 7 nitrogen and oxygen atoms in total. The van der Waals surface area contributed by atoms with Crippen molar-refractivity contribution < 1.29 is 14.3 Å². The number of aryl methyl sites for hydroxylation is 3. The second-order valence-electron chi connectivity index (χ2n) is 8.81. The molecule has 30 heavy (non-hydrogen) atoms. The fraction of sp³-hybridized carbons (Fsp3) is 0.435. The van der Waals surface area contributed by atoms with Gasteiger partial charge in [0, 0.05) is 38.1 Å². The fourth-order valence-electron chi connectivity index (χ4n) is 5.05. The van der Waals surface area contributed by atoms with E-state index in [4.69, 9.17) is 4.74 Å². The third-order valence-corrected chi connectivity index (χ3v) is 6.74. The van der Waals surface area contributed by atoms with Gasteiger partial charge in [-0.15, -0.1) is 0 Å². The number of benzene rings is 1. The zero-order chi connectivity index (χ0) is 21.2. The molecule has 156 valence electrons. The van der Waals surface area contributed by atoms with Crippen LogP contribution in [0.4, 0.5) is 5.69 Å². The van der Waals surface area contributed by atoms with Gasteiger partial charge >= 0.3 is 0 Å². The second kappa shape index (κ2) is 6.54. The summed E-state index contributed by atoms with van der Waals surface area (Å²) in [7, 11) is 3.63. The number of fused-ring (bicyclic) bond motifs is 1. The minimum Gasteiger partial charge on any atom is -0.360 e. The zero-order valence-electron chi connectivity index (χ0n) is 17.7. The minimum atomic E-state index is -0.712. The molecule has 3 aliphatic rings. The molecule has 2 aromatic rings. The first-order valence-electron chi connectivity index (χ1n) is 10.3. The molecule has 1 spiro atoms. The van der Waals surface area contributed by atoms with E-state index in [2.05, 4.69) is 12.0 Å². The molecule has 0 saturated carbocycles. The zero-order valence-corrected chi connectivity index (χ0v) is 17.7. The molecular formula is C23H26N4O3. The Morgan fingerprint density at radius 3 is 2.83 bits per heavy atom. The molecule has 4 atom stereocenters. The van der Waals surface area contributed by atoms with Crippen molar-refractivity contribution in [2.24, 2.45) is 18.9 Å². The maximum atomic E-state index is 13.5. The van der Waals surface area contributed by atoms with Gasteiger partial charge in [0.1, 0.15) is 5.60 Å². The standard InChI is InChI=1S/C23H26N4O3/c1-14-5-6-17(9-15(14)2)27-13-23-8-7-18(30-23)19(20(23)22(27)29)21(28)25(3)11-16-10-24-26(4)12-16/h5-10,12,18-20H,11,13H2,1-4H3/t18-,19+,20+,23-/m0/s1. The van der Waals surface area contributed by atoms with Crippen molar-refractivity contribution in [3.8, 4) is 0 Å². The van der Waals surface area contributed by atoms with E-state index >= 15 is 0 Å². The van der Waals surface area contributed by atoms with Gasteiger partial charge in [-0.1, -0.05) is 18.2 Å². The van der Waals surface area contributed by atoms with Gasteiger partial charge < -0.3 is 14.5 Å². The van der Waals surface area contributed by atoms with Crippen molar-refractivity contribution in [1.29, 1.82) is 0 Å². The lowest BCUT2D eigenvalue weighted by Crippen LogP contribution is -2.44. The predicted molar refractivity (Wildman–Crippen MR) is 112 cm³/mol. The topological polar surface area (TPSA) is 67.7 Å². The van der Waals surface area contributed by atoms with Gasteiger partial charge in [0.15, 0.2) is 0 Å². The molecule has 4 heterocycles. The highest BCUT2D eigenvalue weighted by atomic mass is 16.5. The van der Waals surface area contributed by atoms with Crippen LogP contribution in [-0.2, 0) is 27.9 Å². The normalized spacial score (nSPS) is 29.0. The average molecular weight is 406 g/mol. The minimum absolute atomic E-state index is 0.0294. The Hall–Kier alpha value is -2.93. The van der Waals surface area contributed by atoms with Crippen LogP contribution in [-0.4, -0.2) is 51.8 Å². The van der Waals surface area contributed by atoms with Crippen molar-refractivity contribution in [2.75, 3.05) is 18.5 Å². The maximum absolute atomic E-state index is 13.5. The molecular weight excluding hydrogens is 380 g/mol. The van der Waals surface area contributed by atoms with E-state index in [1.165, 1.54) is 5.56 Å². The molecule has 0 N–H and O–H groups in total. The number of aromatic nitrogens is 2. The summed E-state index contributed by atoms with van der Waals surface area (Å²) in [5.41, 5.74) is 3.43. The Labute approximate surface area is 175 Å². The summed E-state index contributed by atoms with van der Waals surface area (Å²) in [6, 6.07) is 6.04. The van der Waals surface area contributed by atoms with Crippen molar-refractivity contribution in [3.05, 3.63) is 59.4 Å². The number of anilines is 1. The highest BCUT2D eigenvalue weighted by molar-refractivity contribution is 6.03. The maximum Gasteiger partial charge on any atom is 0.234 e. The summed E-state index contributed by atoms with van der Waals surface area (Å²) < 4.78 is 7.98. The molecule has 3 aliphatic heterocycles. The largest absolute Gasteiger partial charge is 0.360 e. The lowest BCUT2D eigenvalue weighted by atomic mass is 9.76. The number of carbonyl (C=O) groups excluding carboxylic acids is 2. The number of ether oxygens (including phenoxy) is 1. The Balaban J connectivity index is 1.42. The molecule has 2 bridgehead atoms. The van der Waals surface area contributed by atoms with E-state index < -0.39 is 17.4 Å². The van der Waals surface area contributed by atoms with Gasteiger partial charge in [0.2, 0.25) is 11.8 Å². The lowest BCUT2D eigenvalue weighted by molar-refractivity contribution is -0.139. The van der Waals surface area contributed by atoms with Crippen molar-refractivity contribution >= 4 is 17.5 Å². The van der Waals surface area contributed by atoms with Crippen LogP contribution in [0.25, 0.3) is 0 Å². The molecule has 1 aromatic carbocycles. The predicted octanol–water partition coefficient (Wildman–Crippen LogP) is 1.98. The fourth-order valence-corrected chi connectivity index (χ4v) is 5.05. The molecule has 0 aliphatic carbocycles. The number of nitrogens with zero attached hydrogens (tertiary/aromatic N) is 4. The van der Waals surface area contributed by atoms with Crippen molar-refractivity contribution in [2.45, 2.75) is 32.1 Å². The number of hydrogen-bond donors (Lipinski definition) is 0. The van der Waals surface area contributed by atoms with Crippen LogP contribution in [0.15, 0.2) is 42.7 Å². The van der Waals surface area contributed by atoms with Crippen LogP contribution >= 0.6 is 0 Å². The van der Waals surface area contributed by atoms with Gasteiger partial charge in [-0.3, -0.25) is 14.3 Å². The van der Waals surface area contributed by atoms with E-state index in [9.17, 15) is 9.59 Å². The third-order valence-electron chi connectivity index (χ3n) is 6.74. The van der Waals surface area contributed by atoms with Gasteiger partial charge in [-0.05, 0) is 37.1 Å². The lowest BCUT2D eigenvalue weighted by Gasteiger charge is -2.27. The number of carbonyl (C=O) groups is 2. The Bertz CT molecular complexity index is 1070. The van der Waals surface area contributed by atoms with E-state index in [1.54, 1.807) is 27.7 Å².